The number of pyridine rings is 1. The Hall–Kier alpha value is -2.76. The van der Waals surface area contributed by atoms with Gasteiger partial charge < -0.3 is 5.32 Å². The summed E-state index contributed by atoms with van der Waals surface area (Å²) in [6, 6.07) is 7.45. The maximum Gasteiger partial charge on any atom is 0.276 e. The van der Waals surface area contributed by atoms with Crippen LogP contribution >= 0.6 is 0 Å². The third kappa shape index (κ3) is 2.15. The van der Waals surface area contributed by atoms with E-state index in [1.54, 1.807) is 30.6 Å². The average molecular weight is 256 g/mol. The van der Waals surface area contributed by atoms with Crippen LogP contribution in [0.3, 0.4) is 0 Å². The van der Waals surface area contributed by atoms with Gasteiger partial charge in [0.25, 0.3) is 5.91 Å². The minimum Gasteiger partial charge on any atom is -0.320 e. The van der Waals surface area contributed by atoms with Gasteiger partial charge in [-0.2, -0.15) is 5.10 Å². The highest BCUT2D eigenvalue weighted by Gasteiger charge is 2.14. The molecule has 0 saturated carbocycles. The fraction of sp³-hybridized carbons (Fsp3) is 0. The van der Waals surface area contributed by atoms with E-state index in [4.69, 9.17) is 0 Å². The molecule has 19 heavy (non-hydrogen) atoms. The zero-order chi connectivity index (χ0) is 13.2. The van der Waals surface area contributed by atoms with Crippen LogP contribution in [0.1, 0.15) is 10.5 Å². The Labute approximate surface area is 107 Å². The van der Waals surface area contributed by atoms with Crippen LogP contribution in [0, 0.1) is 5.82 Å². The summed E-state index contributed by atoms with van der Waals surface area (Å²) in [6.45, 7) is 0. The fourth-order valence-electron chi connectivity index (χ4n) is 1.78. The number of benzene rings is 1. The molecule has 0 fully saturated rings. The van der Waals surface area contributed by atoms with E-state index in [2.05, 4.69) is 20.5 Å². The van der Waals surface area contributed by atoms with Crippen molar-refractivity contribution < 1.29 is 9.18 Å². The summed E-state index contributed by atoms with van der Waals surface area (Å²) in [5, 5.41) is 9.73. The van der Waals surface area contributed by atoms with Gasteiger partial charge >= 0.3 is 0 Å². The second-order valence-corrected chi connectivity index (χ2v) is 3.95. The molecule has 2 aromatic heterocycles. The molecule has 0 atom stereocenters. The number of hydrogen-bond donors (Lipinski definition) is 2. The number of amides is 1. The first-order chi connectivity index (χ1) is 9.24. The van der Waals surface area contributed by atoms with E-state index in [-0.39, 0.29) is 5.69 Å². The van der Waals surface area contributed by atoms with Crippen LogP contribution in [-0.4, -0.2) is 21.1 Å². The van der Waals surface area contributed by atoms with E-state index in [9.17, 15) is 9.18 Å². The Morgan fingerprint density at radius 2 is 2.00 bits per heavy atom. The zero-order valence-electron chi connectivity index (χ0n) is 9.72. The molecule has 5 nitrogen and oxygen atoms in total. The minimum atomic E-state index is -0.410. The number of nitrogens with zero attached hydrogens (tertiary/aromatic N) is 2. The van der Waals surface area contributed by atoms with Crippen LogP contribution in [0.5, 0.6) is 0 Å². The first-order valence-corrected chi connectivity index (χ1v) is 5.59. The number of nitrogens with one attached hydrogen (secondary N) is 2. The van der Waals surface area contributed by atoms with E-state index in [1.165, 1.54) is 12.1 Å². The normalized spacial score (nSPS) is 10.6. The van der Waals surface area contributed by atoms with Crippen LogP contribution in [0.25, 0.3) is 10.9 Å². The molecule has 0 bridgehead atoms. The standard InChI is InChI=1S/C13H9FN4O/c14-8-1-2-11-10(7-8)12(18-17-11)13(19)16-9-3-5-15-6-4-9/h1-7H,(H,17,18)(H,15,16,19). The van der Waals surface area contributed by atoms with Crippen molar-refractivity contribution in [2.24, 2.45) is 0 Å². The Balaban J connectivity index is 1.96. The van der Waals surface area contributed by atoms with Crippen LogP contribution in [-0.2, 0) is 0 Å². The number of fused-ring (bicyclic) bond motifs is 1. The second-order valence-electron chi connectivity index (χ2n) is 3.95. The maximum atomic E-state index is 13.2. The van der Waals surface area contributed by atoms with E-state index in [1.807, 2.05) is 0 Å². The van der Waals surface area contributed by atoms with Gasteiger partial charge in [0.15, 0.2) is 5.69 Å². The molecule has 0 aliphatic rings. The topological polar surface area (TPSA) is 70.7 Å². The molecule has 1 amide bonds. The van der Waals surface area contributed by atoms with Crippen molar-refractivity contribution in [3.8, 4) is 0 Å². The van der Waals surface area contributed by atoms with Gasteiger partial charge in [0.1, 0.15) is 5.82 Å². The van der Waals surface area contributed by atoms with Gasteiger partial charge in [0.2, 0.25) is 0 Å². The molecular weight excluding hydrogens is 247 g/mol. The number of carbonyl (C=O) groups excluding carboxylic acids is 1. The van der Waals surface area contributed by atoms with Crippen molar-refractivity contribution >= 4 is 22.5 Å². The monoisotopic (exact) mass is 256 g/mol. The van der Waals surface area contributed by atoms with Gasteiger partial charge in [-0.05, 0) is 30.3 Å². The van der Waals surface area contributed by atoms with Crippen molar-refractivity contribution in [2.45, 2.75) is 0 Å². The zero-order valence-corrected chi connectivity index (χ0v) is 9.72. The van der Waals surface area contributed by atoms with E-state index in [0.29, 0.717) is 16.6 Å². The van der Waals surface area contributed by atoms with Crippen LogP contribution in [0.4, 0.5) is 10.1 Å². The summed E-state index contributed by atoms with van der Waals surface area (Å²) in [4.78, 5) is 15.9. The maximum absolute atomic E-state index is 13.2. The van der Waals surface area contributed by atoms with E-state index >= 15 is 0 Å². The summed E-state index contributed by atoms with van der Waals surface area (Å²) in [5.41, 5.74) is 1.38. The van der Waals surface area contributed by atoms with Crippen molar-refractivity contribution in [1.82, 2.24) is 15.2 Å². The lowest BCUT2D eigenvalue weighted by atomic mass is 10.2. The molecule has 2 N–H and O–H groups in total. The van der Waals surface area contributed by atoms with Crippen LogP contribution in [0.2, 0.25) is 0 Å². The van der Waals surface area contributed by atoms with Gasteiger partial charge in [-0.1, -0.05) is 0 Å². The lowest BCUT2D eigenvalue weighted by Crippen LogP contribution is -2.12. The molecule has 6 heteroatoms. The highest BCUT2D eigenvalue weighted by Crippen LogP contribution is 2.18. The first kappa shape index (κ1) is 11.3. The minimum absolute atomic E-state index is 0.159. The van der Waals surface area contributed by atoms with E-state index < -0.39 is 11.7 Å². The predicted molar refractivity (Wildman–Crippen MR) is 68.2 cm³/mol. The summed E-state index contributed by atoms with van der Waals surface area (Å²) in [5.74, 6) is -0.810. The molecule has 0 aliphatic heterocycles. The number of anilines is 1. The van der Waals surface area contributed by atoms with Crippen molar-refractivity contribution in [2.75, 3.05) is 5.32 Å². The van der Waals surface area contributed by atoms with Gasteiger partial charge in [0.05, 0.1) is 5.52 Å². The molecule has 0 aliphatic carbocycles. The summed E-state index contributed by atoms with van der Waals surface area (Å²) >= 11 is 0. The number of carbonyl (C=O) groups is 1. The second kappa shape index (κ2) is 4.49. The highest BCUT2D eigenvalue weighted by molar-refractivity contribution is 6.11. The average Bonchev–Trinajstić information content (AvgIpc) is 2.82. The van der Waals surface area contributed by atoms with Crippen molar-refractivity contribution in [1.29, 1.82) is 0 Å². The third-order valence-electron chi connectivity index (χ3n) is 2.68. The first-order valence-electron chi connectivity index (χ1n) is 5.59. The lowest BCUT2D eigenvalue weighted by molar-refractivity contribution is 0.102. The fourth-order valence-corrected chi connectivity index (χ4v) is 1.78. The van der Waals surface area contributed by atoms with Crippen molar-refractivity contribution in [3.05, 3.63) is 54.2 Å². The molecular formula is C13H9FN4O. The Kier molecular flexibility index (Phi) is 2.68. The molecule has 0 radical (unpaired) electrons. The quantitative estimate of drug-likeness (QED) is 0.739. The number of halogens is 1. The Morgan fingerprint density at radius 1 is 1.21 bits per heavy atom. The molecule has 0 spiro atoms. The number of aromatic nitrogens is 3. The van der Waals surface area contributed by atoms with Gasteiger partial charge in [-0.15, -0.1) is 0 Å². The number of rotatable bonds is 2. The van der Waals surface area contributed by atoms with Crippen LogP contribution < -0.4 is 5.32 Å². The summed E-state index contributed by atoms with van der Waals surface area (Å²) < 4.78 is 13.2. The molecule has 0 unspecified atom stereocenters. The largest absolute Gasteiger partial charge is 0.320 e. The smallest absolute Gasteiger partial charge is 0.276 e. The molecule has 1 aromatic carbocycles. The number of H-pyrrole nitrogens is 1. The Bertz CT molecular complexity index is 739. The van der Waals surface area contributed by atoms with Crippen molar-refractivity contribution in [3.63, 3.8) is 0 Å². The van der Waals surface area contributed by atoms with Gasteiger partial charge in [0, 0.05) is 23.5 Å². The molecule has 3 rings (SSSR count). The SMILES string of the molecule is O=C(Nc1ccncc1)c1n[nH]c2ccc(F)cc12. The predicted octanol–water partition coefficient (Wildman–Crippen LogP) is 2.35. The molecule has 0 saturated heterocycles. The molecule has 94 valence electrons. The van der Waals surface area contributed by atoms with Gasteiger partial charge in [-0.25, -0.2) is 4.39 Å². The van der Waals surface area contributed by atoms with Gasteiger partial charge in [-0.3, -0.25) is 14.9 Å². The summed E-state index contributed by atoms with van der Waals surface area (Å²) in [6.07, 6.45) is 3.13. The summed E-state index contributed by atoms with van der Waals surface area (Å²) in [7, 11) is 0. The van der Waals surface area contributed by atoms with Crippen LogP contribution in [0.15, 0.2) is 42.7 Å². The number of hydrogen-bond acceptors (Lipinski definition) is 3. The number of aromatic amines is 1. The molecule has 3 aromatic rings. The third-order valence-corrected chi connectivity index (χ3v) is 2.68. The lowest BCUT2D eigenvalue weighted by Gasteiger charge is -2.02. The Morgan fingerprint density at radius 3 is 2.79 bits per heavy atom. The highest BCUT2D eigenvalue weighted by atomic mass is 19.1. The molecule has 2 heterocycles. The van der Waals surface area contributed by atoms with E-state index in [0.717, 1.165) is 0 Å².